The second-order valence-electron chi connectivity index (χ2n) is 8.71. The molecule has 1 N–H and O–H groups in total. The van der Waals surface area contributed by atoms with Crippen molar-refractivity contribution in [3.8, 4) is 5.82 Å². The van der Waals surface area contributed by atoms with Crippen LogP contribution in [0.1, 0.15) is 40.2 Å². The van der Waals surface area contributed by atoms with Crippen molar-refractivity contribution in [1.29, 1.82) is 0 Å². The van der Waals surface area contributed by atoms with Crippen LogP contribution in [0.15, 0.2) is 47.5 Å². The zero-order chi connectivity index (χ0) is 24.5. The van der Waals surface area contributed by atoms with Gasteiger partial charge in [0.05, 0.1) is 16.2 Å². The largest absolute Gasteiger partial charge is 0.371 e. The Kier molecular flexibility index (Phi) is 6.72. The minimum Gasteiger partial charge on any atom is -0.371 e. The van der Waals surface area contributed by atoms with E-state index in [4.69, 9.17) is 0 Å². The minimum atomic E-state index is -3.66. The molecule has 34 heavy (non-hydrogen) atoms. The summed E-state index contributed by atoms with van der Waals surface area (Å²) in [6.07, 6.45) is 3.80. The highest BCUT2D eigenvalue weighted by atomic mass is 32.2. The molecule has 10 heteroatoms. The van der Waals surface area contributed by atoms with Crippen LogP contribution in [0.3, 0.4) is 0 Å². The molecule has 0 bridgehead atoms. The fraction of sp³-hybridized carbons (Fsp3) is 0.375. The fourth-order valence-electron chi connectivity index (χ4n) is 4.09. The highest BCUT2D eigenvalue weighted by Crippen LogP contribution is 2.28. The molecule has 0 radical (unpaired) electrons. The van der Waals surface area contributed by atoms with Crippen molar-refractivity contribution in [3.05, 3.63) is 65.1 Å². The van der Waals surface area contributed by atoms with E-state index in [9.17, 15) is 13.2 Å². The number of carbonyl (C=O) groups excluding carboxylic acids is 1. The molecule has 0 atom stereocenters. The van der Waals surface area contributed by atoms with Gasteiger partial charge in [-0.25, -0.2) is 22.4 Å². The summed E-state index contributed by atoms with van der Waals surface area (Å²) in [5, 5.41) is 7.36. The zero-order valence-corrected chi connectivity index (χ0v) is 20.8. The number of rotatable bonds is 7. The van der Waals surface area contributed by atoms with Gasteiger partial charge in [-0.05, 0) is 62.6 Å². The van der Waals surface area contributed by atoms with Crippen molar-refractivity contribution in [1.82, 2.24) is 24.4 Å². The molecule has 1 amide bonds. The van der Waals surface area contributed by atoms with E-state index in [1.165, 1.54) is 20.2 Å². The molecule has 2 aromatic heterocycles. The Bertz CT molecular complexity index is 1290. The Morgan fingerprint density at radius 2 is 1.82 bits per heavy atom. The summed E-state index contributed by atoms with van der Waals surface area (Å²) in [6, 6.07) is 10.5. The van der Waals surface area contributed by atoms with Gasteiger partial charge in [0.25, 0.3) is 5.91 Å². The number of nitrogens with one attached hydrogen (secondary N) is 1. The van der Waals surface area contributed by atoms with Crippen molar-refractivity contribution >= 4 is 21.6 Å². The molecule has 1 aliphatic rings. The first-order chi connectivity index (χ1) is 16.2. The number of sulfonamides is 1. The van der Waals surface area contributed by atoms with Gasteiger partial charge in [0.1, 0.15) is 0 Å². The Balaban J connectivity index is 1.55. The smallest absolute Gasteiger partial charge is 0.253 e. The van der Waals surface area contributed by atoms with Crippen LogP contribution in [0, 0.1) is 13.8 Å². The van der Waals surface area contributed by atoms with E-state index in [0.29, 0.717) is 11.4 Å². The van der Waals surface area contributed by atoms with Crippen molar-refractivity contribution in [2.45, 2.75) is 38.1 Å². The lowest BCUT2D eigenvalue weighted by Crippen LogP contribution is -2.28. The van der Waals surface area contributed by atoms with E-state index in [1.54, 1.807) is 23.0 Å². The Labute approximate surface area is 200 Å². The normalized spacial score (nSPS) is 14.1. The second kappa shape index (κ2) is 9.55. The predicted molar refractivity (Wildman–Crippen MR) is 131 cm³/mol. The summed E-state index contributed by atoms with van der Waals surface area (Å²) in [5.41, 5.74) is 3.86. The van der Waals surface area contributed by atoms with Crippen molar-refractivity contribution in [2.75, 3.05) is 32.1 Å². The minimum absolute atomic E-state index is 0.0986. The molecule has 1 saturated heterocycles. The predicted octanol–water partition coefficient (Wildman–Crippen LogP) is 2.66. The maximum Gasteiger partial charge on any atom is 0.253 e. The fourth-order valence-corrected chi connectivity index (χ4v) is 5.02. The van der Waals surface area contributed by atoms with Gasteiger partial charge in [0, 0.05) is 51.3 Å². The average molecular weight is 483 g/mol. The van der Waals surface area contributed by atoms with Crippen LogP contribution in [0.2, 0.25) is 0 Å². The van der Waals surface area contributed by atoms with Gasteiger partial charge < -0.3 is 10.2 Å². The Morgan fingerprint density at radius 1 is 1.09 bits per heavy atom. The highest BCUT2D eigenvalue weighted by Gasteiger charge is 2.24. The first-order valence-corrected chi connectivity index (χ1v) is 12.7. The van der Waals surface area contributed by atoms with Gasteiger partial charge in [0.2, 0.25) is 10.0 Å². The summed E-state index contributed by atoms with van der Waals surface area (Å²) >= 11 is 0. The number of pyridine rings is 1. The number of amides is 1. The maximum atomic E-state index is 13.2. The van der Waals surface area contributed by atoms with Gasteiger partial charge in [-0.1, -0.05) is 6.07 Å². The second-order valence-corrected chi connectivity index (χ2v) is 10.9. The van der Waals surface area contributed by atoms with Crippen molar-refractivity contribution in [2.24, 2.45) is 0 Å². The molecule has 3 aromatic rings. The average Bonchev–Trinajstić information content (AvgIpc) is 3.46. The lowest BCUT2D eigenvalue weighted by atomic mass is 10.1. The molecule has 180 valence electrons. The first kappa shape index (κ1) is 23.9. The number of anilines is 1. The van der Waals surface area contributed by atoms with Crippen LogP contribution in [0.4, 0.5) is 5.69 Å². The van der Waals surface area contributed by atoms with Crippen LogP contribution in [-0.4, -0.2) is 60.6 Å². The van der Waals surface area contributed by atoms with Crippen molar-refractivity contribution in [3.63, 3.8) is 0 Å². The van der Waals surface area contributed by atoms with Crippen LogP contribution in [0.5, 0.6) is 0 Å². The van der Waals surface area contributed by atoms with E-state index < -0.39 is 10.0 Å². The van der Waals surface area contributed by atoms with E-state index in [-0.39, 0.29) is 17.3 Å². The topological polar surface area (TPSA) is 100 Å². The lowest BCUT2D eigenvalue weighted by Gasteiger charge is -2.22. The highest BCUT2D eigenvalue weighted by molar-refractivity contribution is 7.89. The summed E-state index contributed by atoms with van der Waals surface area (Å²) in [4.78, 5) is 19.9. The number of aromatic nitrogens is 3. The summed E-state index contributed by atoms with van der Waals surface area (Å²) in [5.74, 6) is 0.388. The molecule has 0 spiro atoms. The van der Waals surface area contributed by atoms with Gasteiger partial charge in [-0.15, -0.1) is 0 Å². The van der Waals surface area contributed by atoms with Crippen LogP contribution in [0.25, 0.3) is 5.82 Å². The van der Waals surface area contributed by atoms with Gasteiger partial charge in [-0.3, -0.25) is 4.79 Å². The molecule has 3 heterocycles. The Morgan fingerprint density at radius 3 is 2.41 bits per heavy atom. The third kappa shape index (κ3) is 4.83. The molecule has 4 rings (SSSR count). The van der Waals surface area contributed by atoms with Crippen molar-refractivity contribution < 1.29 is 13.2 Å². The van der Waals surface area contributed by atoms with E-state index >= 15 is 0 Å². The SMILES string of the molecule is Cc1cc(C)n(-c2ccc(CNC(=O)c3cc(S(=O)(=O)N(C)C)ccc3N3CCCC3)cn2)n1. The molecule has 0 saturated carbocycles. The van der Waals surface area contributed by atoms with Gasteiger partial charge in [0.15, 0.2) is 5.82 Å². The molecule has 0 aliphatic carbocycles. The van der Waals surface area contributed by atoms with Crippen LogP contribution >= 0.6 is 0 Å². The van der Waals surface area contributed by atoms with Gasteiger partial charge >= 0.3 is 0 Å². The van der Waals surface area contributed by atoms with Gasteiger partial charge in [-0.2, -0.15) is 5.10 Å². The Hall–Kier alpha value is -3.24. The summed E-state index contributed by atoms with van der Waals surface area (Å²) in [6.45, 7) is 5.86. The number of aryl methyl sites for hydroxylation is 2. The first-order valence-electron chi connectivity index (χ1n) is 11.2. The molecule has 9 nitrogen and oxygen atoms in total. The number of nitrogens with zero attached hydrogens (tertiary/aromatic N) is 5. The summed E-state index contributed by atoms with van der Waals surface area (Å²) in [7, 11) is -0.700. The number of carbonyl (C=O) groups is 1. The lowest BCUT2D eigenvalue weighted by molar-refractivity contribution is 0.0951. The van der Waals surface area contributed by atoms with Crippen LogP contribution < -0.4 is 10.2 Å². The quantitative estimate of drug-likeness (QED) is 0.556. The maximum absolute atomic E-state index is 13.2. The molecule has 0 unspecified atom stereocenters. The number of hydrogen-bond acceptors (Lipinski definition) is 6. The number of hydrogen-bond donors (Lipinski definition) is 1. The molecule has 1 aromatic carbocycles. The molecule has 1 aliphatic heterocycles. The molecular formula is C24H30N6O3S. The van der Waals surface area contributed by atoms with E-state index in [1.807, 2.05) is 32.0 Å². The van der Waals surface area contributed by atoms with Crippen LogP contribution in [-0.2, 0) is 16.6 Å². The molecule has 1 fully saturated rings. The standard InChI is InChI=1S/C24H30N6O3S/c1-17-13-18(2)30(27-17)23-10-7-19(15-25-23)16-26-24(31)21-14-20(34(32,33)28(3)4)8-9-22(21)29-11-5-6-12-29/h7-10,13-15H,5-6,11-12,16H2,1-4H3,(H,26,31). The van der Waals surface area contributed by atoms with E-state index in [0.717, 1.165) is 52.9 Å². The third-order valence-electron chi connectivity index (χ3n) is 5.93. The zero-order valence-electron chi connectivity index (χ0n) is 19.9. The summed E-state index contributed by atoms with van der Waals surface area (Å²) < 4.78 is 28.2. The monoisotopic (exact) mass is 482 g/mol. The molecular weight excluding hydrogens is 452 g/mol. The number of benzene rings is 1. The van der Waals surface area contributed by atoms with E-state index in [2.05, 4.69) is 20.3 Å². The third-order valence-corrected chi connectivity index (χ3v) is 7.74.